The number of hydrogen-bond donors (Lipinski definition) is 1. The van der Waals surface area contributed by atoms with Crippen molar-refractivity contribution in [1.82, 2.24) is 0 Å². The molecule has 0 aromatic heterocycles. The summed E-state index contributed by atoms with van der Waals surface area (Å²) in [4.78, 5) is 13.2. The molecule has 0 fully saturated rings. The molecule has 3 rings (SSSR count). The minimum Gasteiger partial charge on any atom is -0.494 e. The zero-order valence-electron chi connectivity index (χ0n) is 19.8. The molecule has 34 heavy (non-hydrogen) atoms. The normalized spacial score (nSPS) is 11.2. The Morgan fingerprint density at radius 2 is 1.74 bits per heavy atom. The Kier molecular flexibility index (Phi) is 8.38. The molecule has 0 atom stereocenters. The molecule has 0 radical (unpaired) electrons. The molecule has 3 aromatic carbocycles. The van der Waals surface area contributed by atoms with Gasteiger partial charge in [0, 0.05) is 10.2 Å². The van der Waals surface area contributed by atoms with Crippen molar-refractivity contribution in [2.75, 3.05) is 22.8 Å². The monoisotopic (exact) mass is 544 g/mol. The molecule has 0 aliphatic carbocycles. The van der Waals surface area contributed by atoms with Gasteiger partial charge in [-0.15, -0.1) is 0 Å². The van der Waals surface area contributed by atoms with E-state index in [0.29, 0.717) is 35.7 Å². The molecule has 6 nitrogen and oxygen atoms in total. The van der Waals surface area contributed by atoms with Crippen LogP contribution < -0.4 is 14.4 Å². The number of aryl methyl sites for hydroxylation is 2. The first-order valence-electron chi connectivity index (χ1n) is 11.1. The van der Waals surface area contributed by atoms with Gasteiger partial charge in [-0.3, -0.25) is 9.10 Å². The highest BCUT2D eigenvalue weighted by Crippen LogP contribution is 2.31. The molecular formula is C26H29BrN2O4S. The highest BCUT2D eigenvalue weighted by molar-refractivity contribution is 9.10. The molecule has 0 spiro atoms. The number of carbonyl (C=O) groups is 1. The van der Waals surface area contributed by atoms with Crippen LogP contribution in [0.2, 0.25) is 0 Å². The van der Waals surface area contributed by atoms with Gasteiger partial charge in [0.15, 0.2) is 0 Å². The molecule has 0 unspecified atom stereocenters. The SMILES string of the molecule is CCOc1ccc(NC(=O)CN(c2cccc(C)c2C)S(=O)(=O)c2ccc(Br)cc2CC)cc1. The first kappa shape index (κ1) is 25.8. The quantitative estimate of drug-likeness (QED) is 0.366. The maximum Gasteiger partial charge on any atom is 0.265 e. The largest absolute Gasteiger partial charge is 0.494 e. The van der Waals surface area contributed by atoms with Crippen LogP contribution in [0.4, 0.5) is 11.4 Å². The Balaban J connectivity index is 1.99. The molecule has 0 heterocycles. The lowest BCUT2D eigenvalue weighted by Gasteiger charge is -2.27. The van der Waals surface area contributed by atoms with Crippen molar-refractivity contribution in [3.8, 4) is 5.75 Å². The van der Waals surface area contributed by atoms with Gasteiger partial charge in [0.25, 0.3) is 10.0 Å². The summed E-state index contributed by atoms with van der Waals surface area (Å²) in [7, 11) is -4.02. The summed E-state index contributed by atoms with van der Waals surface area (Å²) in [5.74, 6) is 0.256. The number of carbonyl (C=O) groups excluding carboxylic acids is 1. The average Bonchev–Trinajstić information content (AvgIpc) is 2.80. The Labute approximate surface area is 210 Å². The molecule has 3 aromatic rings. The first-order chi connectivity index (χ1) is 16.2. The fourth-order valence-corrected chi connectivity index (χ4v) is 5.80. The Morgan fingerprint density at radius 3 is 2.38 bits per heavy atom. The summed E-state index contributed by atoms with van der Waals surface area (Å²) in [5.41, 5.74) is 3.46. The van der Waals surface area contributed by atoms with Crippen LogP contribution in [0.3, 0.4) is 0 Å². The van der Waals surface area contributed by atoms with E-state index in [-0.39, 0.29) is 11.4 Å². The Hall–Kier alpha value is -2.84. The third-order valence-electron chi connectivity index (χ3n) is 5.55. The zero-order valence-corrected chi connectivity index (χ0v) is 22.2. The molecule has 0 aliphatic rings. The fraction of sp³-hybridized carbons (Fsp3) is 0.269. The number of nitrogens with zero attached hydrogens (tertiary/aromatic N) is 1. The van der Waals surface area contributed by atoms with Crippen LogP contribution in [0.5, 0.6) is 5.75 Å². The lowest BCUT2D eigenvalue weighted by molar-refractivity contribution is -0.114. The number of amides is 1. The predicted octanol–water partition coefficient (Wildman–Crippen LogP) is 5.86. The van der Waals surface area contributed by atoms with Crippen LogP contribution in [0, 0.1) is 13.8 Å². The van der Waals surface area contributed by atoms with E-state index in [0.717, 1.165) is 15.6 Å². The molecule has 0 aliphatic heterocycles. The second-order valence-corrected chi connectivity index (χ2v) is 10.6. The smallest absolute Gasteiger partial charge is 0.265 e. The second-order valence-electron chi connectivity index (χ2n) is 7.84. The van der Waals surface area contributed by atoms with Crippen LogP contribution in [0.15, 0.2) is 70.0 Å². The fourth-order valence-electron chi connectivity index (χ4n) is 3.63. The van der Waals surface area contributed by atoms with Gasteiger partial charge in [-0.2, -0.15) is 0 Å². The molecular weight excluding hydrogens is 516 g/mol. The van der Waals surface area contributed by atoms with Gasteiger partial charge in [0.2, 0.25) is 5.91 Å². The van der Waals surface area contributed by atoms with E-state index in [9.17, 15) is 13.2 Å². The molecule has 8 heteroatoms. The van der Waals surface area contributed by atoms with Gasteiger partial charge >= 0.3 is 0 Å². The van der Waals surface area contributed by atoms with Crippen molar-refractivity contribution in [1.29, 1.82) is 0 Å². The van der Waals surface area contributed by atoms with E-state index < -0.39 is 15.9 Å². The number of benzene rings is 3. The molecule has 1 N–H and O–H groups in total. The van der Waals surface area contributed by atoms with Gasteiger partial charge in [-0.1, -0.05) is 35.0 Å². The maximum atomic E-state index is 13.9. The second kappa shape index (κ2) is 11.1. The van der Waals surface area contributed by atoms with E-state index in [1.807, 2.05) is 33.8 Å². The zero-order chi connectivity index (χ0) is 24.9. The van der Waals surface area contributed by atoms with Crippen molar-refractivity contribution in [3.05, 3.63) is 81.8 Å². The van der Waals surface area contributed by atoms with Gasteiger partial charge in [-0.05, 0) is 92.4 Å². The number of ether oxygens (including phenoxy) is 1. The number of nitrogens with one attached hydrogen (secondary N) is 1. The van der Waals surface area contributed by atoms with E-state index in [1.54, 1.807) is 54.6 Å². The number of anilines is 2. The van der Waals surface area contributed by atoms with E-state index in [4.69, 9.17) is 4.74 Å². The van der Waals surface area contributed by atoms with Crippen molar-refractivity contribution in [3.63, 3.8) is 0 Å². The van der Waals surface area contributed by atoms with Crippen molar-refractivity contribution < 1.29 is 17.9 Å². The van der Waals surface area contributed by atoms with Gasteiger partial charge in [0.1, 0.15) is 12.3 Å². The molecule has 1 amide bonds. The lowest BCUT2D eigenvalue weighted by atomic mass is 10.1. The highest BCUT2D eigenvalue weighted by atomic mass is 79.9. The number of sulfonamides is 1. The average molecular weight is 545 g/mol. The third-order valence-corrected chi connectivity index (χ3v) is 7.91. The predicted molar refractivity (Wildman–Crippen MR) is 140 cm³/mol. The van der Waals surface area contributed by atoms with Crippen molar-refractivity contribution >= 4 is 43.2 Å². The number of rotatable bonds is 9. The van der Waals surface area contributed by atoms with Crippen LogP contribution in [-0.2, 0) is 21.2 Å². The number of halogens is 1. The summed E-state index contributed by atoms with van der Waals surface area (Å²) in [6, 6.07) is 17.5. The molecule has 0 saturated heterocycles. The Bertz CT molecular complexity index is 1270. The molecule has 0 saturated carbocycles. The number of hydrogen-bond acceptors (Lipinski definition) is 4. The van der Waals surface area contributed by atoms with Crippen LogP contribution in [-0.4, -0.2) is 27.5 Å². The summed E-state index contributed by atoms with van der Waals surface area (Å²) in [5, 5.41) is 2.80. The summed E-state index contributed by atoms with van der Waals surface area (Å²) < 4.78 is 35.2. The minimum atomic E-state index is -4.02. The Morgan fingerprint density at radius 1 is 1.03 bits per heavy atom. The molecule has 0 bridgehead atoms. The maximum absolute atomic E-state index is 13.9. The topological polar surface area (TPSA) is 75.7 Å². The highest BCUT2D eigenvalue weighted by Gasteiger charge is 2.30. The molecule has 180 valence electrons. The van der Waals surface area contributed by atoms with Crippen LogP contribution in [0.1, 0.15) is 30.5 Å². The van der Waals surface area contributed by atoms with Gasteiger partial charge in [0.05, 0.1) is 17.2 Å². The summed E-state index contributed by atoms with van der Waals surface area (Å²) >= 11 is 3.42. The first-order valence-corrected chi connectivity index (χ1v) is 13.3. The van der Waals surface area contributed by atoms with E-state index in [1.165, 1.54) is 4.31 Å². The summed E-state index contributed by atoms with van der Waals surface area (Å²) in [6.07, 6.45) is 0.535. The van der Waals surface area contributed by atoms with Gasteiger partial charge in [-0.25, -0.2) is 8.42 Å². The summed E-state index contributed by atoms with van der Waals surface area (Å²) in [6.45, 7) is 7.76. The van der Waals surface area contributed by atoms with Gasteiger partial charge < -0.3 is 10.1 Å². The van der Waals surface area contributed by atoms with Crippen molar-refractivity contribution in [2.45, 2.75) is 39.0 Å². The van der Waals surface area contributed by atoms with Crippen LogP contribution >= 0.6 is 15.9 Å². The third kappa shape index (κ3) is 5.80. The minimum absolute atomic E-state index is 0.188. The van der Waals surface area contributed by atoms with E-state index in [2.05, 4.69) is 21.2 Å². The van der Waals surface area contributed by atoms with Crippen molar-refractivity contribution in [2.24, 2.45) is 0 Å². The van der Waals surface area contributed by atoms with E-state index >= 15 is 0 Å². The lowest BCUT2D eigenvalue weighted by Crippen LogP contribution is -2.39. The van der Waals surface area contributed by atoms with Crippen LogP contribution in [0.25, 0.3) is 0 Å². The standard InChI is InChI=1S/C26H29BrN2O4S/c1-5-20-16-21(27)10-15-25(20)34(31,32)29(24-9-7-8-18(3)19(24)4)17-26(30)28-22-11-13-23(14-12-22)33-6-2/h7-16H,5-6,17H2,1-4H3,(H,28,30).